The lowest BCUT2D eigenvalue weighted by Gasteiger charge is -2.11. The third kappa shape index (κ3) is 2.14. The van der Waals surface area contributed by atoms with E-state index in [2.05, 4.69) is 0 Å². The monoisotopic (exact) mass is 209 g/mol. The van der Waals surface area contributed by atoms with Gasteiger partial charge in [0.15, 0.2) is 11.9 Å². The van der Waals surface area contributed by atoms with Crippen molar-refractivity contribution in [3.63, 3.8) is 0 Å². The van der Waals surface area contributed by atoms with E-state index in [4.69, 9.17) is 9.47 Å². The standard InChI is InChI=1S/C11H15NO3/c1-8-11(14-2)10(5-6-12(8)13)15-7-9-3-4-9/h5-6,9H,3-4,7H2,1-2H3. The number of hydrogen-bond donors (Lipinski definition) is 0. The summed E-state index contributed by atoms with van der Waals surface area (Å²) in [5, 5.41) is 11.3. The zero-order valence-electron chi connectivity index (χ0n) is 9.03. The number of methoxy groups -OCH3 is 1. The summed E-state index contributed by atoms with van der Waals surface area (Å²) in [6.45, 7) is 2.44. The van der Waals surface area contributed by atoms with Gasteiger partial charge in [0.1, 0.15) is 0 Å². The van der Waals surface area contributed by atoms with Crippen LogP contribution in [0.3, 0.4) is 0 Å². The van der Waals surface area contributed by atoms with Crippen LogP contribution in [0.25, 0.3) is 0 Å². The summed E-state index contributed by atoms with van der Waals surface area (Å²) in [6, 6.07) is 1.65. The largest absolute Gasteiger partial charge is 0.618 e. The molecule has 0 amide bonds. The molecule has 1 aromatic rings. The molecule has 2 rings (SSSR count). The highest BCUT2D eigenvalue weighted by Gasteiger charge is 2.23. The maximum atomic E-state index is 11.3. The molecule has 1 saturated carbocycles. The van der Waals surface area contributed by atoms with E-state index in [1.165, 1.54) is 19.0 Å². The van der Waals surface area contributed by atoms with Crippen LogP contribution >= 0.6 is 0 Å². The molecule has 1 heterocycles. The van der Waals surface area contributed by atoms with Crippen LogP contribution in [0.1, 0.15) is 18.5 Å². The summed E-state index contributed by atoms with van der Waals surface area (Å²) < 4.78 is 11.6. The highest BCUT2D eigenvalue weighted by Crippen LogP contribution is 2.33. The summed E-state index contributed by atoms with van der Waals surface area (Å²) in [4.78, 5) is 0. The molecule has 0 spiro atoms. The molecule has 0 saturated heterocycles. The number of ether oxygens (including phenoxy) is 2. The predicted molar refractivity (Wildman–Crippen MR) is 54.9 cm³/mol. The lowest BCUT2D eigenvalue weighted by atomic mass is 10.3. The first-order chi connectivity index (χ1) is 7.22. The molecule has 82 valence electrons. The number of pyridine rings is 1. The van der Waals surface area contributed by atoms with E-state index >= 15 is 0 Å². The summed E-state index contributed by atoms with van der Waals surface area (Å²) >= 11 is 0. The summed E-state index contributed by atoms with van der Waals surface area (Å²) in [5.74, 6) is 1.89. The van der Waals surface area contributed by atoms with E-state index in [1.807, 2.05) is 0 Å². The van der Waals surface area contributed by atoms with Gasteiger partial charge in [0.25, 0.3) is 0 Å². The van der Waals surface area contributed by atoms with E-state index in [9.17, 15) is 5.21 Å². The Morgan fingerprint density at radius 3 is 2.87 bits per heavy atom. The Bertz CT molecular complexity index is 361. The van der Waals surface area contributed by atoms with Crippen molar-refractivity contribution in [1.29, 1.82) is 0 Å². The third-order valence-corrected chi connectivity index (χ3v) is 2.62. The van der Waals surface area contributed by atoms with Crippen LogP contribution in [0.4, 0.5) is 0 Å². The molecule has 0 bridgehead atoms. The molecule has 4 nitrogen and oxygen atoms in total. The second kappa shape index (κ2) is 3.96. The molecular weight excluding hydrogens is 194 g/mol. The van der Waals surface area contributed by atoms with Crippen LogP contribution in [0, 0.1) is 18.0 Å². The minimum Gasteiger partial charge on any atom is -0.618 e. The van der Waals surface area contributed by atoms with Gasteiger partial charge in [-0.1, -0.05) is 0 Å². The highest BCUT2D eigenvalue weighted by atomic mass is 16.5. The maximum absolute atomic E-state index is 11.3. The second-order valence-electron chi connectivity index (χ2n) is 3.88. The molecule has 1 aliphatic carbocycles. The first-order valence-electron chi connectivity index (χ1n) is 5.12. The average molecular weight is 209 g/mol. The van der Waals surface area contributed by atoms with Gasteiger partial charge in [-0.25, -0.2) is 0 Å². The minimum absolute atomic E-state index is 0.533. The molecule has 0 N–H and O–H groups in total. The fraction of sp³-hybridized carbons (Fsp3) is 0.545. The fourth-order valence-electron chi connectivity index (χ4n) is 1.46. The Morgan fingerprint density at radius 1 is 1.53 bits per heavy atom. The molecule has 4 heteroatoms. The Hall–Kier alpha value is -1.45. The molecule has 0 atom stereocenters. The van der Waals surface area contributed by atoms with Gasteiger partial charge in [-0.15, -0.1) is 0 Å². The summed E-state index contributed by atoms with van der Waals surface area (Å²) in [5.41, 5.74) is 0.533. The normalized spacial score (nSPS) is 15.1. The lowest BCUT2D eigenvalue weighted by Crippen LogP contribution is -2.29. The Balaban J connectivity index is 2.16. The van der Waals surface area contributed by atoms with Crippen molar-refractivity contribution in [2.75, 3.05) is 13.7 Å². The van der Waals surface area contributed by atoms with Crippen LogP contribution in [0.5, 0.6) is 11.5 Å². The van der Waals surface area contributed by atoms with Gasteiger partial charge in [-0.05, 0) is 18.8 Å². The van der Waals surface area contributed by atoms with Crippen molar-refractivity contribution in [3.05, 3.63) is 23.2 Å². The van der Waals surface area contributed by atoms with Crippen molar-refractivity contribution in [2.45, 2.75) is 19.8 Å². The van der Waals surface area contributed by atoms with Gasteiger partial charge in [-0.3, -0.25) is 0 Å². The van der Waals surface area contributed by atoms with Gasteiger partial charge in [0, 0.05) is 13.0 Å². The van der Waals surface area contributed by atoms with Gasteiger partial charge >= 0.3 is 0 Å². The van der Waals surface area contributed by atoms with E-state index in [1.54, 1.807) is 20.1 Å². The molecule has 0 radical (unpaired) electrons. The zero-order valence-corrected chi connectivity index (χ0v) is 9.03. The van der Waals surface area contributed by atoms with E-state index in [0.29, 0.717) is 23.1 Å². The molecule has 1 fully saturated rings. The van der Waals surface area contributed by atoms with E-state index in [-0.39, 0.29) is 0 Å². The van der Waals surface area contributed by atoms with Gasteiger partial charge in [0.05, 0.1) is 13.7 Å². The Kier molecular flexibility index (Phi) is 2.66. The van der Waals surface area contributed by atoms with E-state index < -0.39 is 0 Å². The molecule has 1 aliphatic rings. The Labute approximate surface area is 89.0 Å². The first kappa shape index (κ1) is 10.1. The number of nitrogens with zero attached hydrogens (tertiary/aromatic N) is 1. The second-order valence-corrected chi connectivity index (χ2v) is 3.88. The molecule has 1 aromatic heterocycles. The predicted octanol–water partition coefficient (Wildman–Crippen LogP) is 1.43. The highest BCUT2D eigenvalue weighted by molar-refractivity contribution is 5.39. The van der Waals surface area contributed by atoms with Crippen LogP contribution in [-0.4, -0.2) is 13.7 Å². The SMILES string of the molecule is COc1c(OCC2CC2)cc[n+]([O-])c1C. The van der Waals surface area contributed by atoms with Crippen LogP contribution in [0.15, 0.2) is 12.3 Å². The number of hydrogen-bond acceptors (Lipinski definition) is 3. The molecule has 0 aromatic carbocycles. The van der Waals surface area contributed by atoms with Crippen LogP contribution in [-0.2, 0) is 0 Å². The quantitative estimate of drug-likeness (QED) is 0.556. The van der Waals surface area contributed by atoms with Crippen molar-refractivity contribution >= 4 is 0 Å². The topological polar surface area (TPSA) is 45.4 Å². The number of rotatable bonds is 4. The minimum atomic E-state index is 0.533. The zero-order chi connectivity index (χ0) is 10.8. The molecular formula is C11H15NO3. The smallest absolute Gasteiger partial charge is 0.235 e. The van der Waals surface area contributed by atoms with Crippen molar-refractivity contribution in [2.24, 2.45) is 5.92 Å². The average Bonchev–Trinajstić information content (AvgIpc) is 3.03. The molecule has 0 aliphatic heterocycles. The summed E-state index contributed by atoms with van der Waals surface area (Å²) in [7, 11) is 1.55. The first-order valence-corrected chi connectivity index (χ1v) is 5.12. The van der Waals surface area contributed by atoms with E-state index in [0.717, 1.165) is 11.3 Å². The molecule has 15 heavy (non-hydrogen) atoms. The van der Waals surface area contributed by atoms with Crippen molar-refractivity contribution in [3.8, 4) is 11.5 Å². The number of aromatic nitrogens is 1. The van der Waals surface area contributed by atoms with Gasteiger partial charge in [0.2, 0.25) is 11.4 Å². The van der Waals surface area contributed by atoms with Crippen LogP contribution < -0.4 is 14.2 Å². The van der Waals surface area contributed by atoms with Crippen LogP contribution in [0.2, 0.25) is 0 Å². The maximum Gasteiger partial charge on any atom is 0.235 e. The van der Waals surface area contributed by atoms with Gasteiger partial charge in [-0.2, -0.15) is 4.73 Å². The van der Waals surface area contributed by atoms with Crippen molar-refractivity contribution < 1.29 is 14.2 Å². The van der Waals surface area contributed by atoms with Crippen molar-refractivity contribution in [1.82, 2.24) is 0 Å². The Morgan fingerprint density at radius 2 is 2.27 bits per heavy atom. The van der Waals surface area contributed by atoms with Gasteiger partial charge < -0.3 is 14.7 Å². The lowest BCUT2D eigenvalue weighted by molar-refractivity contribution is -0.612. The fourth-order valence-corrected chi connectivity index (χ4v) is 1.46. The third-order valence-electron chi connectivity index (χ3n) is 2.62. The summed E-state index contributed by atoms with van der Waals surface area (Å²) in [6.07, 6.45) is 3.94. The molecule has 0 unspecified atom stereocenters.